The van der Waals surface area contributed by atoms with E-state index in [0.29, 0.717) is 67.7 Å². The van der Waals surface area contributed by atoms with E-state index in [1.54, 1.807) is 30.5 Å². The van der Waals surface area contributed by atoms with E-state index >= 15 is 13.2 Å². The number of halogens is 4. The van der Waals surface area contributed by atoms with Crippen molar-refractivity contribution in [2.45, 2.75) is 63.9 Å². The fraction of sp³-hybridized carbons (Fsp3) is 0.440. The summed E-state index contributed by atoms with van der Waals surface area (Å²) in [6.07, 6.45) is 1.35. The molecule has 1 amide bonds. The summed E-state index contributed by atoms with van der Waals surface area (Å²) in [5.74, 6) is -1.07. The highest BCUT2D eigenvalue weighted by molar-refractivity contribution is 7.90. The van der Waals surface area contributed by atoms with E-state index < -0.39 is 56.2 Å². The van der Waals surface area contributed by atoms with Crippen molar-refractivity contribution in [1.82, 2.24) is 19.6 Å². The maximum Gasteiger partial charge on any atom is 0.399 e. The van der Waals surface area contributed by atoms with Crippen molar-refractivity contribution >= 4 is 72.6 Å². The number of sulfonamides is 1. The van der Waals surface area contributed by atoms with Crippen LogP contribution >= 0.6 is 11.6 Å². The number of fused-ring (bicyclic) bond motifs is 2. The monoisotopic (exact) mass is 1000 g/mol. The van der Waals surface area contributed by atoms with Crippen molar-refractivity contribution < 1.29 is 40.8 Å². The minimum absolute atomic E-state index is 0.0206. The van der Waals surface area contributed by atoms with Gasteiger partial charge in [0.25, 0.3) is 21.6 Å². The van der Waals surface area contributed by atoms with Crippen molar-refractivity contribution in [3.8, 4) is 5.88 Å². The third kappa shape index (κ3) is 10.4. The standard InChI is InChI=1S/C50H56ClF3N8O7S/c1-48(2)16-12-35(40(27-48)33-4-6-36(51)7-5-33)29-59-18-20-60(21-19-59)37-8-10-39(42(25-37)61-30-49(3,50(52,53)54)31-69-47-44(61)24-34-13-17-55-45(34)57-47)46(63)58-70(66,67)38-9-11-41(43(26-38)62(64)65)56-28-32-14-22-68-23-15-32/h4-11,13,17,24-26,32,56H,12,14-16,18-23,27-31H2,1-3H3,(H,55,57)(H,58,63)/t49-/m0/s1. The number of nitro groups is 1. The smallest absolute Gasteiger partial charge is 0.399 e. The number of allylic oxidation sites excluding steroid dienone is 1. The number of aromatic amines is 1. The zero-order valence-electron chi connectivity index (χ0n) is 39.2. The molecule has 15 nitrogen and oxygen atoms in total. The zero-order valence-corrected chi connectivity index (χ0v) is 40.8. The Labute approximate surface area is 409 Å². The Morgan fingerprint density at radius 2 is 1.73 bits per heavy atom. The zero-order chi connectivity index (χ0) is 49.6. The fourth-order valence-electron chi connectivity index (χ4n) is 9.80. The number of piperazine rings is 1. The molecule has 5 aromatic rings. The first-order valence-corrected chi connectivity index (χ1v) is 25.3. The van der Waals surface area contributed by atoms with Crippen LogP contribution in [0, 0.1) is 26.9 Å². The van der Waals surface area contributed by atoms with E-state index in [4.69, 9.17) is 21.1 Å². The van der Waals surface area contributed by atoms with E-state index in [0.717, 1.165) is 63.3 Å². The van der Waals surface area contributed by atoms with Crippen LogP contribution in [0.15, 0.2) is 89.5 Å². The number of amides is 1. The number of ether oxygens (including phenoxy) is 2. The molecule has 4 aliphatic rings. The number of nitro benzene ring substituents is 1. The van der Waals surface area contributed by atoms with Crippen LogP contribution in [-0.4, -0.2) is 106 Å². The number of benzene rings is 3. The van der Waals surface area contributed by atoms with E-state index in [2.05, 4.69) is 55.8 Å². The number of H-pyrrole nitrogens is 1. The fourth-order valence-corrected chi connectivity index (χ4v) is 10.9. The number of carbonyl (C=O) groups excluding carboxylic acids is 1. The molecule has 2 saturated heterocycles. The average molecular weight is 1010 g/mol. The summed E-state index contributed by atoms with van der Waals surface area (Å²) in [5.41, 5.74) is 1.98. The van der Waals surface area contributed by atoms with Gasteiger partial charge in [0.2, 0.25) is 5.88 Å². The van der Waals surface area contributed by atoms with Crippen LogP contribution in [0.3, 0.4) is 0 Å². The summed E-state index contributed by atoms with van der Waals surface area (Å²) in [4.78, 5) is 38.8. The van der Waals surface area contributed by atoms with Crippen LogP contribution < -0.4 is 24.6 Å². The second-order valence-corrected chi connectivity index (χ2v) is 22.0. The Hall–Kier alpha value is -5.89. The summed E-state index contributed by atoms with van der Waals surface area (Å²) >= 11 is 6.26. The van der Waals surface area contributed by atoms with Gasteiger partial charge in [0, 0.05) is 87.4 Å². The Balaban J connectivity index is 1.04. The molecule has 0 unspecified atom stereocenters. The molecule has 70 heavy (non-hydrogen) atoms. The van der Waals surface area contributed by atoms with Crippen molar-refractivity contribution in [1.29, 1.82) is 0 Å². The number of rotatable bonds is 12. The largest absolute Gasteiger partial charge is 0.475 e. The van der Waals surface area contributed by atoms with Crippen molar-refractivity contribution in [3.05, 3.63) is 111 Å². The molecule has 0 saturated carbocycles. The topological polar surface area (TPSA) is 175 Å². The first-order chi connectivity index (χ1) is 33.3. The molecule has 3 aliphatic heterocycles. The van der Waals surface area contributed by atoms with Crippen LogP contribution in [-0.2, 0) is 14.8 Å². The Morgan fingerprint density at radius 3 is 2.44 bits per heavy atom. The molecule has 0 bridgehead atoms. The molecule has 5 heterocycles. The lowest BCUT2D eigenvalue weighted by Crippen LogP contribution is -2.48. The van der Waals surface area contributed by atoms with Gasteiger partial charge in [-0.15, -0.1) is 0 Å². The molecule has 0 spiro atoms. The number of pyridine rings is 1. The van der Waals surface area contributed by atoms with Crippen LogP contribution in [0.1, 0.15) is 68.8 Å². The summed E-state index contributed by atoms with van der Waals surface area (Å²) in [7, 11) is -4.79. The van der Waals surface area contributed by atoms with E-state index in [-0.39, 0.29) is 39.8 Å². The molecular formula is C50H56ClF3N8O7S. The van der Waals surface area contributed by atoms with Crippen molar-refractivity contribution in [2.24, 2.45) is 16.7 Å². The first kappa shape index (κ1) is 49.1. The number of carbonyl (C=O) groups is 1. The van der Waals surface area contributed by atoms with Crippen molar-refractivity contribution in [3.63, 3.8) is 0 Å². The highest BCUT2D eigenvalue weighted by Crippen LogP contribution is 2.48. The average Bonchev–Trinajstić information content (AvgIpc) is 3.73. The van der Waals surface area contributed by atoms with Gasteiger partial charge < -0.3 is 29.6 Å². The number of aromatic nitrogens is 2. The lowest BCUT2D eigenvalue weighted by atomic mass is 9.72. The molecule has 9 rings (SSSR count). The normalized spacial score (nSPS) is 20.4. The van der Waals surface area contributed by atoms with Crippen LogP contribution in [0.5, 0.6) is 5.88 Å². The molecule has 0 radical (unpaired) electrons. The van der Waals surface area contributed by atoms with Gasteiger partial charge >= 0.3 is 6.18 Å². The second kappa shape index (κ2) is 19.4. The minimum Gasteiger partial charge on any atom is -0.475 e. The van der Waals surface area contributed by atoms with Gasteiger partial charge in [0.15, 0.2) is 0 Å². The van der Waals surface area contributed by atoms with E-state index in [1.165, 1.54) is 28.2 Å². The molecule has 1 aliphatic carbocycles. The van der Waals surface area contributed by atoms with Crippen LogP contribution in [0.4, 0.5) is 41.6 Å². The molecule has 3 N–H and O–H groups in total. The quantitative estimate of drug-likeness (QED) is 0.0798. The summed E-state index contributed by atoms with van der Waals surface area (Å²) in [6.45, 7) is 8.90. The number of hydrogen-bond donors (Lipinski definition) is 3. The summed E-state index contributed by atoms with van der Waals surface area (Å²) in [6, 6.07) is 19.3. The number of anilines is 4. The van der Waals surface area contributed by atoms with E-state index in [1.807, 2.05) is 12.1 Å². The minimum atomic E-state index is -4.79. The molecule has 20 heteroatoms. The highest BCUT2D eigenvalue weighted by Gasteiger charge is 2.54. The van der Waals surface area contributed by atoms with Crippen molar-refractivity contribution in [2.75, 3.05) is 80.8 Å². The van der Waals surface area contributed by atoms with Gasteiger partial charge in [0.05, 0.1) is 21.1 Å². The van der Waals surface area contributed by atoms with Gasteiger partial charge in [-0.1, -0.05) is 43.2 Å². The number of hydrogen-bond acceptors (Lipinski definition) is 12. The predicted molar refractivity (Wildman–Crippen MR) is 264 cm³/mol. The van der Waals surface area contributed by atoms with Gasteiger partial charge in [-0.2, -0.15) is 18.2 Å². The number of nitrogens with zero attached hydrogens (tertiary/aromatic N) is 5. The number of alkyl halides is 3. The molecule has 372 valence electrons. The molecular weight excluding hydrogens is 949 g/mol. The maximum absolute atomic E-state index is 15.1. The van der Waals surface area contributed by atoms with Crippen LogP contribution in [0.25, 0.3) is 16.6 Å². The highest BCUT2D eigenvalue weighted by atomic mass is 35.5. The second-order valence-electron chi connectivity index (χ2n) is 19.9. The summed E-state index contributed by atoms with van der Waals surface area (Å²) in [5, 5.41) is 16.6. The SMILES string of the molecule is CC1(C)CCC(CN2CCN(c3ccc(C(=O)NS(=O)(=O)c4ccc(NCC5CCOCC5)c([N+](=O)[O-])c4)c(N4C[C@](C)(C(F)(F)F)COc5nc6[nH]ccc6cc54)c3)CC2)=C(c2ccc(Cl)cc2)C1. The number of nitrogens with one attached hydrogen (secondary N) is 3. The predicted octanol–water partition coefficient (Wildman–Crippen LogP) is 9.97. The lowest BCUT2D eigenvalue weighted by Gasteiger charge is -2.40. The molecule has 2 aromatic heterocycles. The Morgan fingerprint density at radius 1 is 0.986 bits per heavy atom. The Kier molecular flexibility index (Phi) is 13.6. The third-order valence-electron chi connectivity index (χ3n) is 14.2. The summed E-state index contributed by atoms with van der Waals surface area (Å²) < 4.78 is 86.8. The van der Waals surface area contributed by atoms with E-state index in [9.17, 15) is 23.3 Å². The van der Waals surface area contributed by atoms with Crippen LogP contribution in [0.2, 0.25) is 5.02 Å². The van der Waals surface area contributed by atoms with Gasteiger partial charge in [-0.3, -0.25) is 19.8 Å². The van der Waals surface area contributed by atoms with Gasteiger partial charge in [0.1, 0.15) is 29.0 Å². The van der Waals surface area contributed by atoms with Gasteiger partial charge in [-0.25, -0.2) is 13.1 Å². The molecule has 1 atom stereocenters. The molecule has 2 fully saturated rings. The lowest BCUT2D eigenvalue weighted by molar-refractivity contribution is -0.384. The Bertz CT molecular complexity index is 2940. The molecule has 3 aromatic carbocycles. The maximum atomic E-state index is 15.1. The third-order valence-corrected chi connectivity index (χ3v) is 15.7. The van der Waals surface area contributed by atoms with Gasteiger partial charge in [-0.05, 0) is 116 Å². The first-order valence-electron chi connectivity index (χ1n) is 23.5.